The minimum atomic E-state index is -4.34. The predicted octanol–water partition coefficient (Wildman–Crippen LogP) is 5.21. The Bertz CT molecular complexity index is 610. The van der Waals surface area contributed by atoms with Gasteiger partial charge < -0.3 is 5.32 Å². The first-order valence-electron chi connectivity index (χ1n) is 6.52. The van der Waals surface area contributed by atoms with Crippen LogP contribution < -0.4 is 5.32 Å². The van der Waals surface area contributed by atoms with E-state index < -0.39 is 11.7 Å². The van der Waals surface area contributed by atoms with Gasteiger partial charge in [-0.1, -0.05) is 48.0 Å². The van der Waals surface area contributed by atoms with Crippen LogP contribution in [0.4, 0.5) is 13.2 Å². The summed E-state index contributed by atoms with van der Waals surface area (Å²) in [4.78, 5) is 0. The first-order valence-corrected chi connectivity index (χ1v) is 6.90. The van der Waals surface area contributed by atoms with E-state index in [0.29, 0.717) is 5.02 Å². The molecule has 2 aromatic rings. The van der Waals surface area contributed by atoms with Crippen LogP contribution in [0, 0.1) is 0 Å². The number of benzene rings is 2. The van der Waals surface area contributed by atoms with Gasteiger partial charge in [-0.2, -0.15) is 13.2 Å². The zero-order valence-corrected chi connectivity index (χ0v) is 12.2. The zero-order chi connectivity index (χ0) is 15.5. The Labute approximate surface area is 126 Å². The summed E-state index contributed by atoms with van der Waals surface area (Å²) in [6.07, 6.45) is -4.34. The van der Waals surface area contributed by atoms with Crippen LogP contribution in [-0.4, -0.2) is 0 Å². The van der Waals surface area contributed by atoms with Crippen molar-refractivity contribution in [2.24, 2.45) is 0 Å². The topological polar surface area (TPSA) is 12.0 Å². The van der Waals surface area contributed by atoms with Crippen LogP contribution >= 0.6 is 11.6 Å². The smallest absolute Gasteiger partial charge is 0.306 e. The maximum absolute atomic E-state index is 12.9. The Morgan fingerprint density at radius 1 is 1.05 bits per heavy atom. The molecular formula is C16H15ClF3N. The van der Waals surface area contributed by atoms with Crippen molar-refractivity contribution in [2.45, 2.75) is 25.7 Å². The molecule has 0 aliphatic heterocycles. The van der Waals surface area contributed by atoms with Crippen molar-refractivity contribution in [1.29, 1.82) is 0 Å². The largest absolute Gasteiger partial charge is 0.416 e. The lowest BCUT2D eigenvalue weighted by Gasteiger charge is -2.18. The highest BCUT2D eigenvalue weighted by atomic mass is 35.5. The van der Waals surface area contributed by atoms with Crippen molar-refractivity contribution in [3.05, 3.63) is 70.2 Å². The van der Waals surface area contributed by atoms with E-state index in [9.17, 15) is 13.2 Å². The van der Waals surface area contributed by atoms with E-state index >= 15 is 0 Å². The van der Waals surface area contributed by atoms with Gasteiger partial charge >= 0.3 is 6.18 Å². The van der Waals surface area contributed by atoms with Gasteiger partial charge in [-0.25, -0.2) is 0 Å². The lowest BCUT2D eigenvalue weighted by Crippen LogP contribution is -2.21. The van der Waals surface area contributed by atoms with Gasteiger partial charge in [0.05, 0.1) is 5.56 Å². The molecular weight excluding hydrogens is 299 g/mol. The number of alkyl halides is 3. The fourth-order valence-corrected chi connectivity index (χ4v) is 2.45. The molecule has 0 fully saturated rings. The van der Waals surface area contributed by atoms with E-state index in [-0.39, 0.29) is 18.2 Å². The maximum atomic E-state index is 12.9. The number of hydrogen-bond acceptors (Lipinski definition) is 1. The minimum Gasteiger partial charge on any atom is -0.306 e. The quantitative estimate of drug-likeness (QED) is 0.817. The van der Waals surface area contributed by atoms with Gasteiger partial charge in [-0.15, -0.1) is 0 Å². The maximum Gasteiger partial charge on any atom is 0.416 e. The van der Waals surface area contributed by atoms with Gasteiger partial charge in [0.15, 0.2) is 0 Å². The van der Waals surface area contributed by atoms with Gasteiger partial charge in [0.1, 0.15) is 0 Å². The molecule has 0 saturated carbocycles. The highest BCUT2D eigenvalue weighted by Gasteiger charge is 2.32. The molecule has 112 valence electrons. The Balaban J connectivity index is 2.12. The van der Waals surface area contributed by atoms with Crippen molar-refractivity contribution < 1.29 is 13.2 Å². The first-order chi connectivity index (χ1) is 9.89. The molecule has 2 aromatic carbocycles. The number of hydrogen-bond donors (Lipinski definition) is 1. The summed E-state index contributed by atoms with van der Waals surface area (Å²) in [5.41, 5.74) is 0.483. The van der Waals surface area contributed by atoms with E-state index in [4.69, 9.17) is 11.6 Å². The SMILES string of the molecule is C[C@H](NCc1ccccc1C(F)(F)F)c1ccccc1Cl. The second-order valence-corrected chi connectivity index (χ2v) is 5.19. The minimum absolute atomic E-state index is 0.127. The zero-order valence-electron chi connectivity index (χ0n) is 11.4. The van der Waals surface area contributed by atoms with E-state index in [2.05, 4.69) is 5.32 Å². The molecule has 0 unspecified atom stereocenters. The number of halogens is 4. The van der Waals surface area contributed by atoms with E-state index in [1.54, 1.807) is 12.1 Å². The van der Waals surface area contributed by atoms with Crippen LogP contribution in [0.1, 0.15) is 29.7 Å². The van der Waals surface area contributed by atoms with Crippen molar-refractivity contribution in [3.63, 3.8) is 0 Å². The molecule has 0 spiro atoms. The van der Waals surface area contributed by atoms with Crippen LogP contribution in [0.15, 0.2) is 48.5 Å². The molecule has 0 amide bonds. The van der Waals surface area contributed by atoms with Crippen LogP contribution in [0.3, 0.4) is 0 Å². The average molecular weight is 314 g/mol. The third-order valence-electron chi connectivity index (χ3n) is 3.29. The van der Waals surface area contributed by atoms with Gasteiger partial charge in [-0.05, 0) is 30.2 Å². The van der Waals surface area contributed by atoms with Gasteiger partial charge in [0.25, 0.3) is 0 Å². The first kappa shape index (κ1) is 15.9. The third-order valence-corrected chi connectivity index (χ3v) is 3.64. The van der Waals surface area contributed by atoms with Crippen LogP contribution in [0.25, 0.3) is 0 Å². The third kappa shape index (κ3) is 3.99. The van der Waals surface area contributed by atoms with Crippen molar-refractivity contribution >= 4 is 11.6 Å². The molecule has 2 rings (SSSR count). The van der Waals surface area contributed by atoms with Crippen LogP contribution in [0.2, 0.25) is 5.02 Å². The lowest BCUT2D eigenvalue weighted by molar-refractivity contribution is -0.138. The normalized spacial score (nSPS) is 13.2. The summed E-state index contributed by atoms with van der Waals surface area (Å²) in [6, 6.07) is 12.7. The molecule has 1 N–H and O–H groups in total. The number of rotatable bonds is 4. The highest BCUT2D eigenvalue weighted by Crippen LogP contribution is 2.32. The molecule has 1 atom stereocenters. The predicted molar refractivity (Wildman–Crippen MR) is 78.2 cm³/mol. The molecule has 0 aliphatic rings. The number of nitrogens with one attached hydrogen (secondary N) is 1. The second-order valence-electron chi connectivity index (χ2n) is 4.78. The van der Waals surface area contributed by atoms with Gasteiger partial charge in [-0.3, -0.25) is 0 Å². The Morgan fingerprint density at radius 3 is 2.33 bits per heavy atom. The highest BCUT2D eigenvalue weighted by molar-refractivity contribution is 6.31. The molecule has 5 heteroatoms. The van der Waals surface area contributed by atoms with E-state index in [0.717, 1.165) is 11.6 Å². The summed E-state index contributed by atoms with van der Waals surface area (Å²) in [6.45, 7) is 2.00. The monoisotopic (exact) mass is 313 g/mol. The van der Waals surface area contributed by atoms with Crippen LogP contribution in [-0.2, 0) is 12.7 Å². The second kappa shape index (κ2) is 6.50. The molecule has 0 radical (unpaired) electrons. The summed E-state index contributed by atoms with van der Waals surface area (Å²) in [5.74, 6) is 0. The Hall–Kier alpha value is -1.52. The average Bonchev–Trinajstić information content (AvgIpc) is 2.44. The molecule has 0 bridgehead atoms. The van der Waals surface area contributed by atoms with Crippen molar-refractivity contribution in [3.8, 4) is 0 Å². The van der Waals surface area contributed by atoms with E-state index in [1.807, 2.05) is 25.1 Å². The van der Waals surface area contributed by atoms with Gasteiger partial charge in [0.2, 0.25) is 0 Å². The Morgan fingerprint density at radius 2 is 1.67 bits per heavy atom. The molecule has 21 heavy (non-hydrogen) atoms. The standard InChI is InChI=1S/C16H15ClF3N/c1-11(13-7-3-5-9-15(13)17)21-10-12-6-2-4-8-14(12)16(18,19)20/h2-9,11,21H,10H2,1H3/t11-/m0/s1. The molecule has 0 heterocycles. The lowest BCUT2D eigenvalue weighted by atomic mass is 10.1. The molecule has 0 aliphatic carbocycles. The molecule has 0 aromatic heterocycles. The van der Waals surface area contributed by atoms with Crippen LogP contribution in [0.5, 0.6) is 0 Å². The summed E-state index contributed by atoms with van der Waals surface area (Å²) in [7, 11) is 0. The fourth-order valence-electron chi connectivity index (χ4n) is 2.15. The van der Waals surface area contributed by atoms with Gasteiger partial charge in [0, 0.05) is 17.6 Å². The van der Waals surface area contributed by atoms with E-state index in [1.165, 1.54) is 12.1 Å². The fraction of sp³-hybridized carbons (Fsp3) is 0.250. The summed E-state index contributed by atoms with van der Waals surface area (Å²) < 4.78 is 38.7. The summed E-state index contributed by atoms with van der Waals surface area (Å²) >= 11 is 6.08. The Kier molecular flexibility index (Phi) is 4.91. The van der Waals surface area contributed by atoms with Crippen molar-refractivity contribution in [1.82, 2.24) is 5.32 Å². The van der Waals surface area contributed by atoms with Crippen molar-refractivity contribution in [2.75, 3.05) is 0 Å². The molecule has 0 saturated heterocycles. The summed E-state index contributed by atoms with van der Waals surface area (Å²) in [5, 5.41) is 3.68. The molecule has 1 nitrogen and oxygen atoms in total.